The molecule has 1 N–H and O–H groups in total. The van der Waals surface area contributed by atoms with Crippen molar-refractivity contribution < 1.29 is 23.9 Å². The molecule has 1 fully saturated rings. The molecule has 7 nitrogen and oxygen atoms in total. The van der Waals surface area contributed by atoms with Crippen molar-refractivity contribution in [3.05, 3.63) is 53.6 Å². The first-order chi connectivity index (χ1) is 13.9. The molecule has 2 aromatic carbocycles. The summed E-state index contributed by atoms with van der Waals surface area (Å²) in [7, 11) is 1.54. The van der Waals surface area contributed by atoms with Gasteiger partial charge in [-0.25, -0.2) is 4.79 Å². The van der Waals surface area contributed by atoms with Crippen molar-refractivity contribution >= 4 is 29.2 Å². The van der Waals surface area contributed by atoms with Crippen molar-refractivity contribution in [1.29, 1.82) is 0 Å². The molecule has 1 aliphatic heterocycles. The number of amides is 2. The zero-order valence-corrected chi connectivity index (χ0v) is 16.7. The van der Waals surface area contributed by atoms with E-state index >= 15 is 0 Å². The van der Waals surface area contributed by atoms with Gasteiger partial charge in [0.05, 0.1) is 36.6 Å². The summed E-state index contributed by atoms with van der Waals surface area (Å²) in [6.45, 7) is 4.07. The Hall–Kier alpha value is -3.35. The van der Waals surface area contributed by atoms with Crippen molar-refractivity contribution in [3.63, 3.8) is 0 Å². The predicted octanol–water partition coefficient (Wildman–Crippen LogP) is 3.17. The molecule has 2 aromatic rings. The summed E-state index contributed by atoms with van der Waals surface area (Å²) in [4.78, 5) is 39.1. The third kappa shape index (κ3) is 4.39. The van der Waals surface area contributed by atoms with Gasteiger partial charge in [-0.15, -0.1) is 0 Å². The van der Waals surface area contributed by atoms with Gasteiger partial charge >= 0.3 is 5.97 Å². The lowest BCUT2D eigenvalue weighted by atomic mass is 10.1. The first kappa shape index (κ1) is 20.4. The Balaban J connectivity index is 1.78. The van der Waals surface area contributed by atoms with E-state index in [-0.39, 0.29) is 31.4 Å². The Morgan fingerprint density at radius 3 is 2.69 bits per heavy atom. The van der Waals surface area contributed by atoms with Gasteiger partial charge in [-0.2, -0.15) is 0 Å². The number of ether oxygens (including phenoxy) is 2. The monoisotopic (exact) mass is 396 g/mol. The maximum atomic E-state index is 12.8. The first-order valence-electron chi connectivity index (χ1n) is 9.46. The number of esters is 1. The summed E-state index contributed by atoms with van der Waals surface area (Å²) in [5.41, 5.74) is 2.31. The van der Waals surface area contributed by atoms with Crippen LogP contribution in [0.15, 0.2) is 42.5 Å². The van der Waals surface area contributed by atoms with Gasteiger partial charge in [-0.1, -0.05) is 18.2 Å². The largest absolute Gasteiger partial charge is 0.495 e. The van der Waals surface area contributed by atoms with Crippen LogP contribution in [0.3, 0.4) is 0 Å². The molecule has 2 amide bonds. The van der Waals surface area contributed by atoms with Crippen LogP contribution in [0.4, 0.5) is 11.4 Å². The van der Waals surface area contributed by atoms with Crippen molar-refractivity contribution in [2.24, 2.45) is 5.92 Å². The zero-order valence-electron chi connectivity index (χ0n) is 16.7. The van der Waals surface area contributed by atoms with Gasteiger partial charge in [-0.05, 0) is 43.7 Å². The highest BCUT2D eigenvalue weighted by molar-refractivity contribution is 6.07. The third-order valence-electron chi connectivity index (χ3n) is 4.80. The molecule has 0 spiro atoms. The average Bonchev–Trinajstić information content (AvgIpc) is 3.10. The minimum Gasteiger partial charge on any atom is -0.495 e. The van der Waals surface area contributed by atoms with Crippen LogP contribution in [0.1, 0.15) is 29.3 Å². The summed E-state index contributed by atoms with van der Waals surface area (Å²) in [6.07, 6.45) is 0.0666. The number of carbonyl (C=O) groups is 3. The van der Waals surface area contributed by atoms with E-state index in [1.165, 1.54) is 12.0 Å². The number of benzene rings is 2. The molecule has 0 bridgehead atoms. The minimum absolute atomic E-state index is 0.0666. The second-order valence-corrected chi connectivity index (χ2v) is 6.84. The molecule has 0 saturated carbocycles. The highest BCUT2D eigenvalue weighted by atomic mass is 16.5. The van der Waals surface area contributed by atoms with Crippen molar-refractivity contribution in [2.75, 3.05) is 30.5 Å². The van der Waals surface area contributed by atoms with Crippen molar-refractivity contribution in [3.8, 4) is 5.75 Å². The van der Waals surface area contributed by atoms with Crippen LogP contribution in [0.5, 0.6) is 5.75 Å². The standard InChI is InChI=1S/C22H24N2O5/c1-4-29-22(27)16-7-5-6-8-18(16)24-13-15(12-20(24)25)21(26)23-17-11-14(2)9-10-19(17)28-3/h5-11,15H,4,12-13H2,1-3H3,(H,23,26). The molecule has 1 unspecified atom stereocenters. The number of anilines is 2. The van der Waals surface area contributed by atoms with Crippen LogP contribution in [0, 0.1) is 12.8 Å². The van der Waals surface area contributed by atoms with Crippen molar-refractivity contribution in [2.45, 2.75) is 20.3 Å². The van der Waals surface area contributed by atoms with Gasteiger partial charge in [0.25, 0.3) is 0 Å². The molecule has 1 atom stereocenters. The second-order valence-electron chi connectivity index (χ2n) is 6.84. The lowest BCUT2D eigenvalue weighted by molar-refractivity contribution is -0.122. The van der Waals surface area contributed by atoms with Gasteiger partial charge in [0.15, 0.2) is 0 Å². The van der Waals surface area contributed by atoms with Crippen LogP contribution in [0.2, 0.25) is 0 Å². The molecule has 1 heterocycles. The molecule has 29 heavy (non-hydrogen) atoms. The highest BCUT2D eigenvalue weighted by Crippen LogP contribution is 2.31. The summed E-state index contributed by atoms with van der Waals surface area (Å²) >= 11 is 0. The lowest BCUT2D eigenvalue weighted by Crippen LogP contribution is -2.29. The van der Waals surface area contributed by atoms with Crippen LogP contribution >= 0.6 is 0 Å². The van der Waals surface area contributed by atoms with Crippen LogP contribution < -0.4 is 15.0 Å². The highest BCUT2D eigenvalue weighted by Gasteiger charge is 2.37. The maximum Gasteiger partial charge on any atom is 0.340 e. The maximum absolute atomic E-state index is 12.8. The first-order valence-corrected chi connectivity index (χ1v) is 9.46. The van der Waals surface area contributed by atoms with E-state index in [9.17, 15) is 14.4 Å². The number of para-hydroxylation sites is 1. The molecule has 3 rings (SSSR count). The summed E-state index contributed by atoms with van der Waals surface area (Å²) in [5, 5.41) is 2.86. The zero-order chi connectivity index (χ0) is 21.0. The molecule has 152 valence electrons. The molecule has 1 saturated heterocycles. The fraction of sp³-hybridized carbons (Fsp3) is 0.318. The number of rotatable bonds is 6. The number of nitrogens with one attached hydrogen (secondary N) is 1. The topological polar surface area (TPSA) is 84.9 Å². The fourth-order valence-electron chi connectivity index (χ4n) is 3.36. The predicted molar refractivity (Wildman–Crippen MR) is 109 cm³/mol. The van der Waals surface area contributed by atoms with Crippen molar-refractivity contribution in [1.82, 2.24) is 0 Å². The Morgan fingerprint density at radius 2 is 1.97 bits per heavy atom. The Morgan fingerprint density at radius 1 is 1.21 bits per heavy atom. The number of hydrogen-bond acceptors (Lipinski definition) is 5. The van der Waals surface area contributed by atoms with E-state index in [2.05, 4.69) is 5.32 Å². The summed E-state index contributed by atoms with van der Waals surface area (Å²) < 4.78 is 10.4. The average molecular weight is 396 g/mol. The SMILES string of the molecule is CCOC(=O)c1ccccc1N1CC(C(=O)Nc2cc(C)ccc2OC)CC1=O. The van der Waals surface area contributed by atoms with Crippen LogP contribution in [-0.2, 0) is 14.3 Å². The third-order valence-corrected chi connectivity index (χ3v) is 4.80. The number of nitrogens with zero attached hydrogens (tertiary/aromatic N) is 1. The van der Waals surface area contributed by atoms with Crippen LogP contribution in [0.25, 0.3) is 0 Å². The van der Waals surface area contributed by atoms with Gasteiger partial charge < -0.3 is 19.7 Å². The van der Waals surface area contributed by atoms with E-state index in [1.807, 2.05) is 19.1 Å². The van der Waals surface area contributed by atoms with Gasteiger partial charge in [0.2, 0.25) is 11.8 Å². The van der Waals surface area contributed by atoms with E-state index in [1.54, 1.807) is 37.3 Å². The van der Waals surface area contributed by atoms with Gasteiger partial charge in [0, 0.05) is 13.0 Å². The number of carbonyl (C=O) groups excluding carboxylic acids is 3. The van der Waals surface area contributed by atoms with E-state index < -0.39 is 11.9 Å². The Kier molecular flexibility index (Phi) is 6.16. The molecule has 0 aromatic heterocycles. The summed E-state index contributed by atoms with van der Waals surface area (Å²) in [5.74, 6) is -0.953. The lowest BCUT2D eigenvalue weighted by Gasteiger charge is -2.20. The van der Waals surface area contributed by atoms with E-state index in [4.69, 9.17) is 9.47 Å². The summed E-state index contributed by atoms with van der Waals surface area (Å²) in [6, 6.07) is 12.3. The molecule has 1 aliphatic rings. The molecular formula is C22H24N2O5. The van der Waals surface area contributed by atoms with Gasteiger partial charge in [-0.3, -0.25) is 9.59 Å². The number of methoxy groups -OCH3 is 1. The number of hydrogen-bond donors (Lipinski definition) is 1. The second kappa shape index (κ2) is 8.77. The van der Waals surface area contributed by atoms with E-state index in [0.717, 1.165) is 5.56 Å². The quantitative estimate of drug-likeness (QED) is 0.758. The molecule has 0 radical (unpaired) electrons. The molecular weight excluding hydrogens is 372 g/mol. The fourth-order valence-corrected chi connectivity index (χ4v) is 3.36. The van der Waals surface area contributed by atoms with Crippen LogP contribution in [-0.4, -0.2) is 38.0 Å². The minimum atomic E-state index is -0.539. The Labute approximate surface area is 169 Å². The Bertz CT molecular complexity index is 941. The number of aryl methyl sites for hydroxylation is 1. The van der Waals surface area contributed by atoms with E-state index in [0.29, 0.717) is 22.7 Å². The molecule has 7 heteroatoms. The molecule has 0 aliphatic carbocycles. The smallest absolute Gasteiger partial charge is 0.340 e. The van der Waals surface area contributed by atoms with Gasteiger partial charge in [0.1, 0.15) is 5.75 Å². The normalized spacial score (nSPS) is 15.9.